The highest BCUT2D eigenvalue weighted by molar-refractivity contribution is 14.1. The second-order valence-electron chi connectivity index (χ2n) is 6.08. The Morgan fingerprint density at radius 2 is 1.83 bits per heavy atom. The predicted molar refractivity (Wildman–Crippen MR) is 117 cm³/mol. The normalized spacial score (nSPS) is 11.1. The van der Waals surface area contributed by atoms with Gasteiger partial charge in [-0.15, -0.1) is 0 Å². The van der Waals surface area contributed by atoms with Gasteiger partial charge < -0.3 is 4.74 Å². The van der Waals surface area contributed by atoms with Gasteiger partial charge in [-0.2, -0.15) is 0 Å². The van der Waals surface area contributed by atoms with Gasteiger partial charge in [-0.05, 0) is 53.8 Å². The maximum absolute atomic E-state index is 14.3. The van der Waals surface area contributed by atoms with Crippen molar-refractivity contribution in [2.45, 2.75) is 20.0 Å². The molecule has 6 nitrogen and oxygen atoms in total. The Morgan fingerprint density at radius 3 is 2.48 bits per heavy atom. The fourth-order valence-electron chi connectivity index (χ4n) is 2.86. The van der Waals surface area contributed by atoms with Gasteiger partial charge in [0.2, 0.25) is 0 Å². The Bertz CT molecular complexity index is 1240. The molecule has 2 aromatic carbocycles. The molecule has 0 unspecified atom stereocenters. The zero-order valence-electron chi connectivity index (χ0n) is 15.0. The molecule has 0 spiro atoms. The summed E-state index contributed by atoms with van der Waals surface area (Å²) in [5, 5.41) is 0.316. The van der Waals surface area contributed by atoms with Crippen LogP contribution in [0.5, 0.6) is 0 Å². The summed E-state index contributed by atoms with van der Waals surface area (Å²) < 4.78 is 21.8. The second kappa shape index (κ2) is 8.85. The van der Waals surface area contributed by atoms with Crippen LogP contribution in [0.25, 0.3) is 10.9 Å². The Hall–Kier alpha value is -1.91. The maximum Gasteiger partial charge on any atom is 0.332 e. The Kier molecular flexibility index (Phi) is 6.65. The second-order valence-corrected chi connectivity index (χ2v) is 8.14. The van der Waals surface area contributed by atoms with Gasteiger partial charge >= 0.3 is 11.7 Å². The summed E-state index contributed by atoms with van der Waals surface area (Å²) >= 11 is 14.0. The first-order valence-electron chi connectivity index (χ1n) is 8.44. The smallest absolute Gasteiger partial charge is 0.332 e. The number of rotatable bonds is 5. The molecule has 0 saturated heterocycles. The van der Waals surface area contributed by atoms with E-state index in [2.05, 4.69) is 0 Å². The summed E-state index contributed by atoms with van der Waals surface area (Å²) in [6, 6.07) is 7.13. The van der Waals surface area contributed by atoms with Crippen molar-refractivity contribution in [1.29, 1.82) is 0 Å². The van der Waals surface area contributed by atoms with Crippen molar-refractivity contribution in [3.63, 3.8) is 0 Å². The Morgan fingerprint density at radius 1 is 1.14 bits per heavy atom. The first-order valence-corrected chi connectivity index (χ1v) is 10.3. The van der Waals surface area contributed by atoms with Crippen molar-refractivity contribution < 1.29 is 13.9 Å². The van der Waals surface area contributed by atoms with E-state index >= 15 is 0 Å². The number of hydrogen-bond acceptors (Lipinski definition) is 4. The fourth-order valence-corrected chi connectivity index (χ4v) is 3.63. The average molecular weight is 551 g/mol. The molecule has 1 aromatic heterocycles. The third kappa shape index (κ3) is 4.49. The van der Waals surface area contributed by atoms with Crippen molar-refractivity contribution in [2.24, 2.45) is 0 Å². The first-order chi connectivity index (χ1) is 13.7. The number of halogens is 4. The lowest BCUT2D eigenvalue weighted by Gasteiger charge is -2.15. The molecule has 0 amide bonds. The SMILES string of the molecule is CCOC(=O)Cn1c(=O)n(Cc2ccc(I)cc2F)c(=O)c2cc(Cl)c(Cl)cc21. The van der Waals surface area contributed by atoms with Gasteiger partial charge in [0.15, 0.2) is 0 Å². The molecule has 0 radical (unpaired) electrons. The molecular formula is C19H14Cl2FIN2O4. The zero-order chi connectivity index (χ0) is 21.3. The summed E-state index contributed by atoms with van der Waals surface area (Å²) in [6.07, 6.45) is 0. The lowest BCUT2D eigenvalue weighted by molar-refractivity contribution is -0.143. The molecule has 10 heteroatoms. The summed E-state index contributed by atoms with van der Waals surface area (Å²) in [7, 11) is 0. The van der Waals surface area contributed by atoms with Gasteiger partial charge in [0.25, 0.3) is 5.56 Å². The third-order valence-electron chi connectivity index (χ3n) is 4.20. The standard InChI is InChI=1S/C19H14Cl2FIN2O4/c1-2-29-17(26)9-24-16-7-14(21)13(20)6-12(16)18(27)25(19(24)28)8-10-3-4-11(23)5-15(10)22/h3-7H,2,8-9H2,1H3. The van der Waals surface area contributed by atoms with Crippen LogP contribution in [0.3, 0.4) is 0 Å². The zero-order valence-corrected chi connectivity index (χ0v) is 18.7. The average Bonchev–Trinajstić information content (AvgIpc) is 2.66. The number of aromatic nitrogens is 2. The van der Waals surface area contributed by atoms with E-state index in [-0.39, 0.29) is 39.7 Å². The van der Waals surface area contributed by atoms with E-state index in [4.69, 9.17) is 27.9 Å². The quantitative estimate of drug-likeness (QED) is 0.358. The number of benzene rings is 2. The molecule has 0 fully saturated rings. The maximum atomic E-state index is 14.3. The van der Waals surface area contributed by atoms with E-state index in [1.165, 1.54) is 24.3 Å². The van der Waals surface area contributed by atoms with Crippen LogP contribution in [0.4, 0.5) is 4.39 Å². The molecule has 29 heavy (non-hydrogen) atoms. The van der Waals surface area contributed by atoms with Gasteiger partial charge in [0, 0.05) is 9.13 Å². The van der Waals surface area contributed by atoms with Crippen LogP contribution < -0.4 is 11.2 Å². The molecule has 0 bridgehead atoms. The van der Waals surface area contributed by atoms with Crippen LogP contribution in [-0.2, 0) is 22.6 Å². The molecular weight excluding hydrogens is 537 g/mol. The highest BCUT2D eigenvalue weighted by Crippen LogP contribution is 2.26. The van der Waals surface area contributed by atoms with Crippen LogP contribution >= 0.6 is 45.8 Å². The fraction of sp³-hybridized carbons (Fsp3) is 0.211. The van der Waals surface area contributed by atoms with Crippen molar-refractivity contribution in [1.82, 2.24) is 9.13 Å². The van der Waals surface area contributed by atoms with Gasteiger partial charge in [-0.3, -0.25) is 18.7 Å². The minimum atomic E-state index is -0.785. The number of hydrogen-bond donors (Lipinski definition) is 0. The van der Waals surface area contributed by atoms with Crippen molar-refractivity contribution in [2.75, 3.05) is 6.61 Å². The van der Waals surface area contributed by atoms with E-state index in [0.29, 0.717) is 3.57 Å². The van der Waals surface area contributed by atoms with Gasteiger partial charge in [-0.1, -0.05) is 29.3 Å². The molecule has 1 heterocycles. The molecule has 0 aliphatic carbocycles. The van der Waals surface area contributed by atoms with Gasteiger partial charge in [0.05, 0.1) is 34.1 Å². The van der Waals surface area contributed by atoms with E-state index < -0.39 is 29.6 Å². The molecule has 0 N–H and O–H groups in total. The van der Waals surface area contributed by atoms with E-state index in [9.17, 15) is 18.8 Å². The van der Waals surface area contributed by atoms with Crippen LogP contribution in [0.2, 0.25) is 10.0 Å². The minimum Gasteiger partial charge on any atom is -0.465 e. The first kappa shape index (κ1) is 21.8. The number of ether oxygens (including phenoxy) is 1. The lowest BCUT2D eigenvalue weighted by Crippen LogP contribution is -2.41. The molecule has 3 aromatic rings. The van der Waals surface area contributed by atoms with E-state index in [0.717, 1.165) is 9.13 Å². The number of fused-ring (bicyclic) bond motifs is 1. The summed E-state index contributed by atoms with van der Waals surface area (Å²) in [5.74, 6) is -1.21. The third-order valence-corrected chi connectivity index (χ3v) is 5.60. The van der Waals surface area contributed by atoms with Crippen LogP contribution in [0, 0.1) is 9.39 Å². The summed E-state index contributed by atoms with van der Waals surface area (Å²) in [5.41, 5.74) is -1.15. The minimum absolute atomic E-state index is 0.0780. The Labute approximate surface area is 187 Å². The highest BCUT2D eigenvalue weighted by atomic mass is 127. The van der Waals surface area contributed by atoms with Crippen molar-refractivity contribution >= 4 is 62.7 Å². The Balaban J connectivity index is 2.27. The molecule has 0 atom stereocenters. The summed E-state index contributed by atoms with van der Waals surface area (Å²) in [4.78, 5) is 38.0. The van der Waals surface area contributed by atoms with Gasteiger partial charge in [0.1, 0.15) is 12.4 Å². The topological polar surface area (TPSA) is 70.3 Å². The van der Waals surface area contributed by atoms with E-state index in [1.54, 1.807) is 13.0 Å². The molecule has 0 aliphatic heterocycles. The number of esters is 1. The predicted octanol–water partition coefficient (Wildman–Crippen LogP) is 3.83. The number of carbonyl (C=O) groups excluding carboxylic acids is 1. The molecule has 3 rings (SSSR count). The van der Waals surface area contributed by atoms with Gasteiger partial charge in [-0.25, -0.2) is 9.18 Å². The van der Waals surface area contributed by atoms with Crippen LogP contribution in [0.15, 0.2) is 39.9 Å². The summed E-state index contributed by atoms with van der Waals surface area (Å²) in [6.45, 7) is 1.03. The largest absolute Gasteiger partial charge is 0.465 e. The van der Waals surface area contributed by atoms with Crippen molar-refractivity contribution in [3.8, 4) is 0 Å². The lowest BCUT2D eigenvalue weighted by atomic mass is 10.2. The van der Waals surface area contributed by atoms with E-state index in [1.807, 2.05) is 22.6 Å². The molecule has 0 aliphatic rings. The number of nitrogens with zero attached hydrogens (tertiary/aromatic N) is 2. The number of carbonyl (C=O) groups is 1. The monoisotopic (exact) mass is 550 g/mol. The van der Waals surface area contributed by atoms with Crippen molar-refractivity contribution in [3.05, 3.63) is 76.2 Å². The van der Waals surface area contributed by atoms with Crippen LogP contribution in [-0.4, -0.2) is 21.7 Å². The highest BCUT2D eigenvalue weighted by Gasteiger charge is 2.18. The molecule has 0 saturated carbocycles. The molecule has 152 valence electrons. The van der Waals surface area contributed by atoms with Crippen LogP contribution in [0.1, 0.15) is 12.5 Å².